The van der Waals surface area contributed by atoms with E-state index in [1.54, 1.807) is 0 Å². The smallest absolute Gasteiger partial charge is 0.318 e. The molecule has 0 bridgehead atoms. The van der Waals surface area contributed by atoms with Gasteiger partial charge in [0, 0.05) is 24.2 Å². The Bertz CT molecular complexity index is 713. The van der Waals surface area contributed by atoms with Gasteiger partial charge in [0.05, 0.1) is 13.1 Å². The molecule has 2 heterocycles. The van der Waals surface area contributed by atoms with Gasteiger partial charge in [0.15, 0.2) is 0 Å². The molecule has 2 aliphatic heterocycles. The highest BCUT2D eigenvalue weighted by molar-refractivity contribution is 8.00. The fourth-order valence-electron chi connectivity index (χ4n) is 4.69. The highest BCUT2D eigenvalue weighted by atomic mass is 32.2. The SMILES string of the molecule is CCN1CC(=S)N(C(C)(C)CCCSCCCSCCCC(C)(C)N2C(=O)N(CC)CC2=S)C1=O. The molecule has 2 aliphatic rings. The van der Waals surface area contributed by atoms with Crippen molar-refractivity contribution in [3.05, 3.63) is 0 Å². The number of hydrogen-bond acceptors (Lipinski definition) is 6. The van der Waals surface area contributed by atoms with Crippen molar-refractivity contribution >= 4 is 70.0 Å². The minimum Gasteiger partial charge on any atom is -0.318 e. The van der Waals surface area contributed by atoms with Crippen LogP contribution in [-0.2, 0) is 0 Å². The van der Waals surface area contributed by atoms with E-state index in [1.165, 1.54) is 17.9 Å². The van der Waals surface area contributed by atoms with Gasteiger partial charge >= 0.3 is 12.1 Å². The molecule has 0 spiro atoms. The molecule has 2 fully saturated rings. The molecule has 0 aliphatic carbocycles. The average Bonchev–Trinajstić information content (AvgIpc) is 3.25. The van der Waals surface area contributed by atoms with Gasteiger partial charge < -0.3 is 9.80 Å². The molecule has 6 nitrogen and oxygen atoms in total. The molecule has 4 amide bonds. The number of carbonyl (C=O) groups excluding carboxylic acids is 2. The Labute approximate surface area is 232 Å². The van der Waals surface area contributed by atoms with Crippen LogP contribution in [0.4, 0.5) is 9.59 Å². The largest absolute Gasteiger partial charge is 0.325 e. The molecular weight excluding hydrogens is 517 g/mol. The third-order valence-corrected chi connectivity index (χ3v) is 9.71. The summed E-state index contributed by atoms with van der Waals surface area (Å²) in [5, 5.41) is 0. The van der Waals surface area contributed by atoms with Crippen LogP contribution < -0.4 is 0 Å². The Morgan fingerprint density at radius 1 is 0.686 bits per heavy atom. The first-order valence-electron chi connectivity index (χ1n) is 12.9. The molecule has 2 rings (SSSR count). The lowest BCUT2D eigenvalue weighted by molar-refractivity contribution is 0.164. The van der Waals surface area contributed by atoms with Crippen molar-refractivity contribution in [2.75, 3.05) is 49.2 Å². The summed E-state index contributed by atoms with van der Waals surface area (Å²) in [5.74, 6) is 4.58. The van der Waals surface area contributed by atoms with E-state index >= 15 is 0 Å². The van der Waals surface area contributed by atoms with Gasteiger partial charge in [-0.05, 0) is 96.7 Å². The molecule has 2 saturated heterocycles. The molecule has 0 aromatic carbocycles. The first-order chi connectivity index (χ1) is 16.5. The summed E-state index contributed by atoms with van der Waals surface area (Å²) < 4.78 is 0. The van der Waals surface area contributed by atoms with Gasteiger partial charge in [-0.15, -0.1) is 0 Å². The van der Waals surface area contributed by atoms with Crippen LogP contribution in [0.2, 0.25) is 0 Å². The first kappa shape index (κ1) is 30.6. The van der Waals surface area contributed by atoms with Crippen molar-refractivity contribution in [1.82, 2.24) is 19.6 Å². The quantitative estimate of drug-likeness (QED) is 0.167. The van der Waals surface area contributed by atoms with Crippen LogP contribution >= 0.6 is 48.0 Å². The predicted octanol–water partition coefficient (Wildman–Crippen LogP) is 6.13. The number of nitrogens with zero attached hydrogens (tertiary/aromatic N) is 4. The topological polar surface area (TPSA) is 47.1 Å². The second-order valence-corrected chi connectivity index (χ2v) is 13.9. The van der Waals surface area contributed by atoms with E-state index in [1.807, 2.05) is 57.0 Å². The van der Waals surface area contributed by atoms with Crippen LogP contribution in [0.15, 0.2) is 0 Å². The van der Waals surface area contributed by atoms with Crippen LogP contribution in [0.5, 0.6) is 0 Å². The Morgan fingerprint density at radius 3 is 1.34 bits per heavy atom. The molecule has 35 heavy (non-hydrogen) atoms. The number of rotatable bonds is 16. The standard InChI is InChI=1S/C25H44N4O2S4/c1-7-26-18-20(32)28(22(26)30)24(3,4)12-9-14-34-16-11-17-35-15-10-13-25(5,6)29-21(33)19-27(8-2)23(29)31/h7-19H2,1-6H3. The number of urea groups is 2. The lowest BCUT2D eigenvalue weighted by Gasteiger charge is -2.35. The zero-order valence-electron chi connectivity index (χ0n) is 22.4. The number of hydrogen-bond donors (Lipinski definition) is 0. The number of carbonyl (C=O) groups is 2. The lowest BCUT2D eigenvalue weighted by atomic mass is 9.97. The predicted molar refractivity (Wildman–Crippen MR) is 160 cm³/mol. The third-order valence-electron chi connectivity index (χ3n) is 6.78. The molecule has 10 heteroatoms. The van der Waals surface area contributed by atoms with Crippen molar-refractivity contribution < 1.29 is 9.59 Å². The van der Waals surface area contributed by atoms with Gasteiger partial charge in [0.2, 0.25) is 0 Å². The second-order valence-electron chi connectivity index (χ2n) is 10.5. The summed E-state index contributed by atoms with van der Waals surface area (Å²) in [6, 6.07) is 0.126. The van der Waals surface area contributed by atoms with E-state index in [-0.39, 0.29) is 23.1 Å². The Balaban J connectivity index is 1.53. The molecular formula is C25H44N4O2S4. The minimum absolute atomic E-state index is 0.0632. The zero-order valence-corrected chi connectivity index (χ0v) is 25.7. The molecule has 0 aromatic heterocycles. The van der Waals surface area contributed by atoms with E-state index in [0.29, 0.717) is 26.2 Å². The molecule has 0 N–H and O–H groups in total. The third kappa shape index (κ3) is 8.20. The van der Waals surface area contributed by atoms with Gasteiger partial charge in [0.25, 0.3) is 0 Å². The van der Waals surface area contributed by atoms with Gasteiger partial charge in [0.1, 0.15) is 9.98 Å². The fourth-order valence-corrected chi connectivity index (χ4v) is 7.64. The molecule has 0 atom stereocenters. The van der Waals surface area contributed by atoms with E-state index in [2.05, 4.69) is 27.7 Å². The van der Waals surface area contributed by atoms with Crippen LogP contribution in [0.1, 0.15) is 73.6 Å². The maximum absolute atomic E-state index is 12.6. The maximum atomic E-state index is 12.6. The van der Waals surface area contributed by atoms with Gasteiger partial charge in [-0.3, -0.25) is 9.80 Å². The zero-order chi connectivity index (χ0) is 26.2. The van der Waals surface area contributed by atoms with Gasteiger partial charge in [-0.2, -0.15) is 23.5 Å². The molecule has 0 aromatic rings. The summed E-state index contributed by atoms with van der Waals surface area (Å²) in [5.41, 5.74) is -0.443. The van der Waals surface area contributed by atoms with Crippen molar-refractivity contribution in [1.29, 1.82) is 0 Å². The number of likely N-dealkylation sites (N-methyl/N-ethyl adjacent to an activating group) is 2. The summed E-state index contributed by atoms with van der Waals surface area (Å²) in [7, 11) is 0. The summed E-state index contributed by atoms with van der Waals surface area (Å²) in [6.45, 7) is 15.1. The number of amides is 4. The Hall–Kier alpha value is -0.580. The molecule has 0 saturated carbocycles. The normalized spacial score (nSPS) is 17.5. The molecule has 0 unspecified atom stereocenters. The summed E-state index contributed by atoms with van der Waals surface area (Å²) in [4.78, 5) is 34.0. The fraction of sp³-hybridized carbons (Fsp3) is 0.840. The van der Waals surface area contributed by atoms with E-state index in [9.17, 15) is 9.59 Å². The van der Waals surface area contributed by atoms with Crippen LogP contribution in [0, 0.1) is 0 Å². The molecule has 0 radical (unpaired) electrons. The molecule has 200 valence electrons. The van der Waals surface area contributed by atoms with E-state index in [4.69, 9.17) is 24.4 Å². The van der Waals surface area contributed by atoms with Crippen molar-refractivity contribution in [3.63, 3.8) is 0 Å². The highest BCUT2D eigenvalue weighted by Gasteiger charge is 2.42. The number of thioether (sulfide) groups is 2. The van der Waals surface area contributed by atoms with Crippen LogP contribution in [-0.4, -0.2) is 102 Å². The van der Waals surface area contributed by atoms with Crippen molar-refractivity contribution in [2.24, 2.45) is 0 Å². The van der Waals surface area contributed by atoms with Crippen molar-refractivity contribution in [2.45, 2.75) is 84.7 Å². The maximum Gasteiger partial charge on any atom is 0.325 e. The highest BCUT2D eigenvalue weighted by Crippen LogP contribution is 2.29. The van der Waals surface area contributed by atoms with E-state index < -0.39 is 0 Å². The van der Waals surface area contributed by atoms with E-state index in [0.717, 1.165) is 47.2 Å². The summed E-state index contributed by atoms with van der Waals surface area (Å²) >= 11 is 15.0. The van der Waals surface area contributed by atoms with Crippen LogP contribution in [0.25, 0.3) is 0 Å². The van der Waals surface area contributed by atoms with Crippen LogP contribution in [0.3, 0.4) is 0 Å². The average molecular weight is 561 g/mol. The second kappa shape index (κ2) is 13.8. The van der Waals surface area contributed by atoms with Gasteiger partial charge in [-0.25, -0.2) is 9.59 Å². The Morgan fingerprint density at radius 2 is 1.03 bits per heavy atom. The Kier molecular flexibility index (Phi) is 12.1. The van der Waals surface area contributed by atoms with Gasteiger partial charge in [-0.1, -0.05) is 24.4 Å². The number of thiocarbonyl (C=S) groups is 2. The minimum atomic E-state index is -0.222. The van der Waals surface area contributed by atoms with Crippen molar-refractivity contribution in [3.8, 4) is 0 Å². The monoisotopic (exact) mass is 560 g/mol. The summed E-state index contributed by atoms with van der Waals surface area (Å²) in [6.07, 6.45) is 5.32. The first-order valence-corrected chi connectivity index (χ1v) is 16.0. The lowest BCUT2D eigenvalue weighted by Crippen LogP contribution is -2.48.